The van der Waals surface area contributed by atoms with Crippen molar-refractivity contribution >= 4 is 21.9 Å². The lowest BCUT2D eigenvalue weighted by Crippen LogP contribution is -2.01. The Balaban J connectivity index is 3.08. The zero-order valence-corrected chi connectivity index (χ0v) is 10.00. The molecule has 0 spiro atoms. The quantitative estimate of drug-likeness (QED) is 0.904. The highest BCUT2D eigenvalue weighted by Gasteiger charge is 2.16. The monoisotopic (exact) mass is 260 g/mol. The van der Waals surface area contributed by atoms with Gasteiger partial charge in [-0.2, -0.15) is 0 Å². The molecule has 78 valence electrons. The van der Waals surface area contributed by atoms with Crippen molar-refractivity contribution in [3.8, 4) is 0 Å². The first-order chi connectivity index (χ1) is 6.43. The normalized spacial score (nSPS) is 10.9. The van der Waals surface area contributed by atoms with Gasteiger partial charge in [0.05, 0.1) is 12.1 Å². The van der Waals surface area contributed by atoms with Crippen LogP contribution in [0.4, 0.5) is 0 Å². The summed E-state index contributed by atoms with van der Waals surface area (Å²) < 4.78 is 2.63. The van der Waals surface area contributed by atoms with Crippen molar-refractivity contribution in [2.75, 3.05) is 0 Å². The molecular formula is C9H13BrN2O2. The van der Waals surface area contributed by atoms with Crippen LogP contribution in [-0.2, 0) is 18.3 Å². The summed E-state index contributed by atoms with van der Waals surface area (Å²) in [5, 5.41) is 8.66. The van der Waals surface area contributed by atoms with E-state index in [0.717, 1.165) is 10.4 Å². The van der Waals surface area contributed by atoms with E-state index in [9.17, 15) is 4.79 Å². The molecule has 0 bridgehead atoms. The maximum Gasteiger partial charge on any atom is 0.309 e. The van der Waals surface area contributed by atoms with Crippen LogP contribution in [0.1, 0.15) is 31.3 Å². The first-order valence-electron chi connectivity index (χ1n) is 4.36. The predicted molar refractivity (Wildman–Crippen MR) is 56.3 cm³/mol. The standard InChI is InChI=1S/C9H13BrN2O2/c1-5(2)9-11-6(4-7(13)14)8(10)12(9)3/h5H,4H2,1-3H3,(H,13,14). The van der Waals surface area contributed by atoms with Crippen molar-refractivity contribution in [1.29, 1.82) is 0 Å². The third-order valence-electron chi connectivity index (χ3n) is 1.96. The fourth-order valence-electron chi connectivity index (χ4n) is 1.33. The number of hydrogen-bond donors (Lipinski definition) is 1. The van der Waals surface area contributed by atoms with Crippen LogP contribution >= 0.6 is 15.9 Å². The number of imidazole rings is 1. The Morgan fingerprint density at radius 3 is 2.57 bits per heavy atom. The number of rotatable bonds is 3. The van der Waals surface area contributed by atoms with Gasteiger partial charge in [-0.1, -0.05) is 13.8 Å². The number of hydrogen-bond acceptors (Lipinski definition) is 2. The van der Waals surface area contributed by atoms with Gasteiger partial charge in [0.15, 0.2) is 0 Å². The molecule has 0 aliphatic rings. The average molecular weight is 261 g/mol. The largest absolute Gasteiger partial charge is 0.481 e. The molecule has 0 radical (unpaired) electrons. The molecule has 0 fully saturated rings. The summed E-state index contributed by atoms with van der Waals surface area (Å²) in [6.45, 7) is 4.05. The molecule has 0 atom stereocenters. The smallest absolute Gasteiger partial charge is 0.309 e. The minimum absolute atomic E-state index is 0.0405. The highest BCUT2D eigenvalue weighted by atomic mass is 79.9. The van der Waals surface area contributed by atoms with Crippen LogP contribution in [0.25, 0.3) is 0 Å². The lowest BCUT2D eigenvalue weighted by atomic mass is 10.2. The average Bonchev–Trinajstić information content (AvgIpc) is 2.32. The van der Waals surface area contributed by atoms with E-state index in [-0.39, 0.29) is 6.42 Å². The summed E-state index contributed by atoms with van der Waals surface area (Å²) in [5.74, 6) is 0.325. The Bertz CT molecular complexity index is 358. The second-order valence-corrected chi connectivity index (χ2v) is 4.24. The Hall–Kier alpha value is -0.840. The molecule has 0 saturated carbocycles. The number of aliphatic carboxylic acids is 1. The summed E-state index contributed by atoms with van der Waals surface area (Å²) in [5.41, 5.74) is 0.587. The number of nitrogens with zero attached hydrogens (tertiary/aromatic N) is 2. The minimum atomic E-state index is -0.862. The molecule has 0 unspecified atom stereocenters. The van der Waals surface area contributed by atoms with E-state index in [4.69, 9.17) is 5.11 Å². The zero-order valence-electron chi connectivity index (χ0n) is 8.41. The van der Waals surface area contributed by atoms with Crippen molar-refractivity contribution in [1.82, 2.24) is 9.55 Å². The van der Waals surface area contributed by atoms with Crippen molar-refractivity contribution in [2.24, 2.45) is 7.05 Å². The van der Waals surface area contributed by atoms with E-state index in [1.54, 1.807) is 0 Å². The topological polar surface area (TPSA) is 55.1 Å². The van der Waals surface area contributed by atoms with Crippen LogP contribution in [-0.4, -0.2) is 20.6 Å². The van der Waals surface area contributed by atoms with E-state index in [2.05, 4.69) is 20.9 Å². The molecular weight excluding hydrogens is 248 g/mol. The van der Waals surface area contributed by atoms with Gasteiger partial charge in [-0.15, -0.1) is 0 Å². The van der Waals surface area contributed by atoms with Crippen LogP contribution in [0.2, 0.25) is 0 Å². The third-order valence-corrected chi connectivity index (χ3v) is 2.95. The molecule has 1 aromatic heterocycles. The molecule has 5 heteroatoms. The van der Waals surface area contributed by atoms with E-state index < -0.39 is 5.97 Å². The summed E-state index contributed by atoms with van der Waals surface area (Å²) in [6, 6.07) is 0. The Morgan fingerprint density at radius 2 is 2.21 bits per heavy atom. The first kappa shape index (κ1) is 11.2. The van der Waals surface area contributed by atoms with Gasteiger partial charge in [0, 0.05) is 13.0 Å². The molecule has 0 saturated heterocycles. The van der Waals surface area contributed by atoms with Crippen molar-refractivity contribution < 1.29 is 9.90 Å². The van der Waals surface area contributed by atoms with Gasteiger partial charge in [0.2, 0.25) is 0 Å². The predicted octanol–water partition coefficient (Wildman–Crippen LogP) is 1.93. The highest BCUT2D eigenvalue weighted by molar-refractivity contribution is 9.10. The molecule has 0 amide bonds. The fraction of sp³-hybridized carbons (Fsp3) is 0.556. The fourth-order valence-corrected chi connectivity index (χ4v) is 1.74. The van der Waals surface area contributed by atoms with Crippen molar-refractivity contribution in [3.63, 3.8) is 0 Å². The van der Waals surface area contributed by atoms with Gasteiger partial charge in [0.25, 0.3) is 0 Å². The minimum Gasteiger partial charge on any atom is -0.481 e. The third kappa shape index (κ3) is 2.15. The van der Waals surface area contributed by atoms with Crippen LogP contribution in [0.5, 0.6) is 0 Å². The van der Waals surface area contributed by atoms with Gasteiger partial charge in [0.1, 0.15) is 10.4 Å². The van der Waals surface area contributed by atoms with E-state index in [1.165, 1.54) is 0 Å². The number of carboxylic acid groups (broad SMARTS) is 1. The number of carboxylic acids is 1. The summed E-state index contributed by atoms with van der Waals surface area (Å²) >= 11 is 3.33. The highest BCUT2D eigenvalue weighted by Crippen LogP contribution is 2.22. The Morgan fingerprint density at radius 1 is 1.64 bits per heavy atom. The van der Waals surface area contributed by atoms with Gasteiger partial charge in [-0.05, 0) is 15.9 Å². The molecule has 1 N–H and O–H groups in total. The Kier molecular flexibility index (Phi) is 3.31. The summed E-state index contributed by atoms with van der Waals surface area (Å²) in [4.78, 5) is 14.8. The van der Waals surface area contributed by atoms with Gasteiger partial charge in [-0.25, -0.2) is 4.98 Å². The second-order valence-electron chi connectivity index (χ2n) is 3.49. The lowest BCUT2D eigenvalue weighted by Gasteiger charge is -2.04. The molecule has 1 heterocycles. The SMILES string of the molecule is CC(C)c1nc(CC(=O)O)c(Br)n1C. The van der Waals surface area contributed by atoms with Gasteiger partial charge >= 0.3 is 5.97 Å². The molecule has 14 heavy (non-hydrogen) atoms. The molecule has 1 aromatic rings. The van der Waals surface area contributed by atoms with Gasteiger partial charge in [-0.3, -0.25) is 4.79 Å². The number of aromatic nitrogens is 2. The van der Waals surface area contributed by atoms with Crippen LogP contribution in [0, 0.1) is 0 Å². The van der Waals surface area contributed by atoms with Gasteiger partial charge < -0.3 is 9.67 Å². The second kappa shape index (κ2) is 4.13. The number of carbonyl (C=O) groups is 1. The molecule has 0 aliphatic carbocycles. The molecule has 0 aliphatic heterocycles. The zero-order chi connectivity index (χ0) is 10.9. The molecule has 1 rings (SSSR count). The van der Waals surface area contributed by atoms with E-state index in [0.29, 0.717) is 11.6 Å². The Labute approximate surface area is 91.1 Å². The van der Waals surface area contributed by atoms with Crippen LogP contribution < -0.4 is 0 Å². The van der Waals surface area contributed by atoms with Crippen molar-refractivity contribution in [3.05, 3.63) is 16.1 Å². The molecule has 4 nitrogen and oxygen atoms in total. The molecule has 0 aromatic carbocycles. The number of halogens is 1. The summed E-state index contributed by atoms with van der Waals surface area (Å²) in [7, 11) is 1.87. The van der Waals surface area contributed by atoms with E-state index >= 15 is 0 Å². The van der Waals surface area contributed by atoms with Crippen LogP contribution in [0.15, 0.2) is 4.60 Å². The lowest BCUT2D eigenvalue weighted by molar-refractivity contribution is -0.136. The summed E-state index contributed by atoms with van der Waals surface area (Å²) in [6.07, 6.45) is -0.0405. The maximum atomic E-state index is 10.5. The maximum absolute atomic E-state index is 10.5. The van der Waals surface area contributed by atoms with E-state index in [1.807, 2.05) is 25.5 Å². The van der Waals surface area contributed by atoms with Crippen molar-refractivity contribution in [2.45, 2.75) is 26.2 Å². The first-order valence-corrected chi connectivity index (χ1v) is 5.15. The van der Waals surface area contributed by atoms with Crippen LogP contribution in [0.3, 0.4) is 0 Å².